The Morgan fingerprint density at radius 2 is 1.48 bits per heavy atom. The molecule has 0 aliphatic carbocycles. The fourth-order valence-corrected chi connectivity index (χ4v) is 3.34. The number of rotatable bonds is 3. The first kappa shape index (κ1) is 13.6. The number of aromatic nitrogens is 1. The molecule has 0 saturated heterocycles. The molecule has 0 saturated carbocycles. The molecule has 21 heavy (non-hydrogen) atoms. The minimum absolute atomic E-state index is 0.279. The minimum atomic E-state index is 0.279. The maximum atomic E-state index is 10.7. The summed E-state index contributed by atoms with van der Waals surface area (Å²) in [6.45, 7) is 0. The van der Waals surface area contributed by atoms with Gasteiger partial charge in [0.15, 0.2) is 0 Å². The van der Waals surface area contributed by atoms with Crippen LogP contribution >= 0.6 is 11.3 Å². The fraction of sp³-hybridized carbons (Fsp3) is 0.118. The SMILES string of the molecule is CN(C)c1sc(-c2ccccc2)c(O)[n+]1-c1ccccc1. The molecule has 1 heterocycles. The Morgan fingerprint density at radius 3 is 2.05 bits per heavy atom. The van der Waals surface area contributed by atoms with Crippen LogP contribution in [0.3, 0.4) is 0 Å². The first-order valence-corrected chi connectivity index (χ1v) is 7.56. The summed E-state index contributed by atoms with van der Waals surface area (Å²) >= 11 is 1.58. The van der Waals surface area contributed by atoms with E-state index in [2.05, 4.69) is 0 Å². The van der Waals surface area contributed by atoms with E-state index in [-0.39, 0.29) is 5.88 Å². The fourth-order valence-electron chi connectivity index (χ4n) is 2.25. The number of para-hydroxylation sites is 1. The van der Waals surface area contributed by atoms with Crippen LogP contribution in [0.15, 0.2) is 60.7 Å². The molecule has 106 valence electrons. The number of nitrogens with zero attached hydrogens (tertiary/aromatic N) is 2. The lowest BCUT2D eigenvalue weighted by Gasteiger charge is -2.05. The molecule has 2 aromatic carbocycles. The average molecular weight is 297 g/mol. The molecule has 0 unspecified atom stereocenters. The summed E-state index contributed by atoms with van der Waals surface area (Å²) in [7, 11) is 3.97. The van der Waals surface area contributed by atoms with E-state index in [0.717, 1.165) is 21.3 Å². The van der Waals surface area contributed by atoms with Gasteiger partial charge in [-0.15, -0.1) is 0 Å². The van der Waals surface area contributed by atoms with Crippen LogP contribution in [0.5, 0.6) is 5.88 Å². The van der Waals surface area contributed by atoms with Gasteiger partial charge in [0.2, 0.25) is 0 Å². The summed E-state index contributed by atoms with van der Waals surface area (Å²) in [4.78, 5) is 2.90. The lowest BCUT2D eigenvalue weighted by Crippen LogP contribution is -2.34. The van der Waals surface area contributed by atoms with E-state index >= 15 is 0 Å². The Labute approximate surface area is 128 Å². The minimum Gasteiger partial charge on any atom is -0.476 e. The van der Waals surface area contributed by atoms with E-state index in [4.69, 9.17) is 0 Å². The zero-order chi connectivity index (χ0) is 14.8. The summed E-state index contributed by atoms with van der Waals surface area (Å²) < 4.78 is 1.88. The van der Waals surface area contributed by atoms with Crippen LogP contribution in [-0.2, 0) is 0 Å². The number of anilines is 1. The molecule has 0 aliphatic rings. The lowest BCUT2D eigenvalue weighted by atomic mass is 10.2. The van der Waals surface area contributed by atoms with Crippen LogP contribution in [0.1, 0.15) is 0 Å². The van der Waals surface area contributed by atoms with Crippen molar-refractivity contribution in [2.75, 3.05) is 19.0 Å². The zero-order valence-corrected chi connectivity index (χ0v) is 12.8. The third kappa shape index (κ3) is 2.50. The van der Waals surface area contributed by atoms with Crippen LogP contribution in [-0.4, -0.2) is 19.2 Å². The van der Waals surface area contributed by atoms with Crippen molar-refractivity contribution >= 4 is 16.5 Å². The second-order valence-corrected chi connectivity index (χ2v) is 5.95. The third-order valence-electron chi connectivity index (χ3n) is 3.23. The van der Waals surface area contributed by atoms with Crippen molar-refractivity contribution in [3.8, 4) is 22.0 Å². The largest absolute Gasteiger partial charge is 0.476 e. The number of thiazole rings is 1. The van der Waals surface area contributed by atoms with Gasteiger partial charge in [0.05, 0.1) is 14.1 Å². The predicted molar refractivity (Wildman–Crippen MR) is 87.3 cm³/mol. The van der Waals surface area contributed by atoms with Gasteiger partial charge in [-0.3, -0.25) is 4.90 Å². The molecule has 0 radical (unpaired) electrons. The lowest BCUT2D eigenvalue weighted by molar-refractivity contribution is -0.585. The smallest absolute Gasteiger partial charge is 0.344 e. The van der Waals surface area contributed by atoms with E-state index < -0.39 is 0 Å². The standard InChI is InChI=1S/C17H16N2OS/c1-18(2)17-19(14-11-7-4-8-12-14)16(20)15(21-17)13-9-5-3-6-10-13/h3-12H,1-2H3/p+1. The summed E-state index contributed by atoms with van der Waals surface area (Å²) in [5.41, 5.74) is 1.98. The highest BCUT2D eigenvalue weighted by atomic mass is 32.1. The first-order chi connectivity index (χ1) is 10.2. The molecule has 3 rings (SSSR count). The van der Waals surface area contributed by atoms with Gasteiger partial charge in [-0.05, 0) is 29.0 Å². The number of hydrogen-bond donors (Lipinski definition) is 1. The van der Waals surface area contributed by atoms with Crippen molar-refractivity contribution < 1.29 is 9.67 Å². The van der Waals surface area contributed by atoms with Gasteiger partial charge in [0, 0.05) is 0 Å². The van der Waals surface area contributed by atoms with Gasteiger partial charge in [-0.2, -0.15) is 4.57 Å². The van der Waals surface area contributed by atoms with E-state index in [1.807, 2.05) is 84.2 Å². The van der Waals surface area contributed by atoms with Crippen molar-refractivity contribution in [1.82, 2.24) is 0 Å². The maximum absolute atomic E-state index is 10.7. The van der Waals surface area contributed by atoms with Gasteiger partial charge < -0.3 is 5.11 Å². The van der Waals surface area contributed by atoms with Crippen LogP contribution in [0.25, 0.3) is 16.1 Å². The van der Waals surface area contributed by atoms with Crippen molar-refractivity contribution in [3.63, 3.8) is 0 Å². The Bertz CT molecular complexity index is 736. The summed E-state index contributed by atoms with van der Waals surface area (Å²) in [6, 6.07) is 19.9. The van der Waals surface area contributed by atoms with Gasteiger partial charge in [-0.1, -0.05) is 48.5 Å². The van der Waals surface area contributed by atoms with Crippen LogP contribution in [0.4, 0.5) is 5.13 Å². The Kier molecular flexibility index (Phi) is 3.62. The van der Waals surface area contributed by atoms with E-state index in [1.165, 1.54) is 0 Å². The number of benzene rings is 2. The monoisotopic (exact) mass is 297 g/mol. The molecule has 0 aliphatic heterocycles. The molecule has 3 aromatic rings. The van der Waals surface area contributed by atoms with Gasteiger partial charge in [0.25, 0.3) is 0 Å². The zero-order valence-electron chi connectivity index (χ0n) is 12.0. The van der Waals surface area contributed by atoms with Gasteiger partial charge >= 0.3 is 11.0 Å². The van der Waals surface area contributed by atoms with Gasteiger partial charge in [0.1, 0.15) is 10.6 Å². The van der Waals surface area contributed by atoms with E-state index in [0.29, 0.717) is 0 Å². The highest BCUT2D eigenvalue weighted by Crippen LogP contribution is 2.37. The molecular weight excluding hydrogens is 280 g/mol. The van der Waals surface area contributed by atoms with Crippen LogP contribution in [0.2, 0.25) is 0 Å². The molecule has 3 nitrogen and oxygen atoms in total. The quantitative estimate of drug-likeness (QED) is 0.750. The Morgan fingerprint density at radius 1 is 0.905 bits per heavy atom. The number of aromatic hydroxyl groups is 1. The van der Waals surface area contributed by atoms with Crippen molar-refractivity contribution in [2.24, 2.45) is 0 Å². The van der Waals surface area contributed by atoms with Crippen LogP contribution < -0.4 is 9.47 Å². The van der Waals surface area contributed by atoms with E-state index in [1.54, 1.807) is 11.3 Å². The molecule has 4 heteroatoms. The molecule has 0 amide bonds. The second kappa shape index (κ2) is 5.58. The molecule has 1 N–H and O–H groups in total. The molecule has 0 atom stereocenters. The van der Waals surface area contributed by atoms with Crippen molar-refractivity contribution in [3.05, 3.63) is 60.7 Å². The Hall–Kier alpha value is -2.33. The molecule has 1 aromatic heterocycles. The summed E-state index contributed by atoms with van der Waals surface area (Å²) in [5.74, 6) is 0.279. The topological polar surface area (TPSA) is 27.3 Å². The summed E-state index contributed by atoms with van der Waals surface area (Å²) in [5, 5.41) is 11.7. The number of hydrogen-bond acceptors (Lipinski definition) is 3. The van der Waals surface area contributed by atoms with Crippen molar-refractivity contribution in [1.29, 1.82) is 0 Å². The van der Waals surface area contributed by atoms with E-state index in [9.17, 15) is 5.11 Å². The molecule has 0 bridgehead atoms. The highest BCUT2D eigenvalue weighted by molar-refractivity contribution is 7.18. The molecular formula is C17H17N2OS+. The normalized spacial score (nSPS) is 10.6. The maximum Gasteiger partial charge on any atom is 0.344 e. The predicted octanol–water partition coefficient (Wildman–Crippen LogP) is 3.46. The Balaban J connectivity index is 2.22. The van der Waals surface area contributed by atoms with Gasteiger partial charge in [-0.25, -0.2) is 0 Å². The molecule has 0 fully saturated rings. The van der Waals surface area contributed by atoms with Crippen LogP contribution in [0, 0.1) is 0 Å². The summed E-state index contributed by atoms with van der Waals surface area (Å²) in [6.07, 6.45) is 0. The first-order valence-electron chi connectivity index (χ1n) is 6.74. The molecule has 0 spiro atoms. The third-order valence-corrected chi connectivity index (χ3v) is 4.59. The average Bonchev–Trinajstić information content (AvgIpc) is 2.87. The second-order valence-electron chi connectivity index (χ2n) is 4.97. The van der Waals surface area contributed by atoms with Crippen molar-refractivity contribution in [2.45, 2.75) is 0 Å². The highest BCUT2D eigenvalue weighted by Gasteiger charge is 2.27.